The van der Waals surface area contributed by atoms with Gasteiger partial charge in [0.25, 0.3) is 0 Å². The molecule has 2 aromatic rings. The van der Waals surface area contributed by atoms with Crippen molar-refractivity contribution in [3.05, 3.63) is 36.0 Å². The topological polar surface area (TPSA) is 22.1 Å². The number of aromatic nitrogens is 1. The van der Waals surface area contributed by atoms with E-state index < -0.39 is 0 Å². The number of nitrogens with zero attached hydrogens (tertiary/aromatic N) is 1. The molecule has 1 fully saturated rings. The molecule has 0 bridgehead atoms. The van der Waals surface area contributed by atoms with Gasteiger partial charge in [-0.05, 0) is 0 Å². The molecule has 1 aliphatic rings. The van der Waals surface area contributed by atoms with Crippen LogP contribution < -0.4 is 25.9 Å². The van der Waals surface area contributed by atoms with Crippen LogP contribution in [0.1, 0.15) is 9.49 Å². The Labute approximate surface area is 98.9 Å². The fourth-order valence-corrected chi connectivity index (χ4v) is 3.52. The number of benzene rings is 1. The van der Waals surface area contributed by atoms with Crippen molar-refractivity contribution < 1.29 is 25.9 Å². The first-order valence-corrected chi connectivity index (χ1v) is 7.66. The summed E-state index contributed by atoms with van der Waals surface area (Å²) in [5.74, 6) is 0.931. The molecule has 3 heteroatoms. The maximum absolute atomic E-state index is 5.35. The molecule has 1 aliphatic heterocycles. The van der Waals surface area contributed by atoms with Gasteiger partial charge in [-0.25, -0.2) is 0 Å². The Balaban J connectivity index is 2.29. The van der Waals surface area contributed by atoms with Gasteiger partial charge in [-0.15, -0.1) is 0 Å². The Kier molecular flexibility index (Phi) is 2.27. The van der Waals surface area contributed by atoms with E-state index in [0.717, 1.165) is 20.6 Å². The van der Waals surface area contributed by atoms with Crippen LogP contribution in [0.3, 0.4) is 0 Å². The Hall–Kier alpha value is -0.840. The number of methoxy groups -OCH3 is 1. The van der Waals surface area contributed by atoms with Gasteiger partial charge in [0.1, 0.15) is 0 Å². The molecule has 2 nitrogen and oxygen atoms in total. The molecule has 0 N–H and O–H groups in total. The molecule has 2 heterocycles. The zero-order chi connectivity index (χ0) is 10.3. The summed E-state index contributed by atoms with van der Waals surface area (Å²) in [5.41, 5.74) is 2.57. The molecule has 3 rings (SSSR count). The van der Waals surface area contributed by atoms with E-state index in [1.165, 1.54) is 9.99 Å². The SMILES string of the molecule is COc1ccnc2c(C3C[I-]3)cccc12. The average molecular weight is 312 g/mol. The van der Waals surface area contributed by atoms with Crippen LogP contribution in [0.5, 0.6) is 5.75 Å². The van der Waals surface area contributed by atoms with Crippen molar-refractivity contribution in [2.24, 2.45) is 0 Å². The normalized spacial score (nSPS) is 19.7. The van der Waals surface area contributed by atoms with Gasteiger partial charge in [-0.1, -0.05) is 0 Å². The predicted molar refractivity (Wildman–Crippen MR) is 55.9 cm³/mol. The Bertz CT molecular complexity index is 508. The van der Waals surface area contributed by atoms with Gasteiger partial charge in [-0.3, -0.25) is 0 Å². The van der Waals surface area contributed by atoms with E-state index in [0.29, 0.717) is 21.2 Å². The maximum atomic E-state index is 5.35. The third kappa shape index (κ3) is 1.58. The number of para-hydroxylation sites is 1. The standard InChI is InChI=1S/C12H11INO/c1-15-11-5-6-14-12-8(10-7-13-10)3-2-4-9(11)12/h2-6,10H,7H2,1H3/q-1. The predicted octanol–water partition coefficient (Wildman–Crippen LogP) is -0.613. The molecular weight excluding hydrogens is 301 g/mol. The molecule has 0 spiro atoms. The number of hydrogen-bond acceptors (Lipinski definition) is 2. The first-order chi connectivity index (χ1) is 7.40. The summed E-state index contributed by atoms with van der Waals surface area (Å²) in [6, 6.07) is 8.34. The summed E-state index contributed by atoms with van der Waals surface area (Å²) >= 11 is 0.425. The second kappa shape index (κ2) is 3.63. The van der Waals surface area contributed by atoms with Crippen molar-refractivity contribution in [3.8, 4) is 5.75 Å². The van der Waals surface area contributed by atoms with Gasteiger partial charge in [0.2, 0.25) is 0 Å². The molecular formula is C12H11INO-. The molecule has 1 unspecified atom stereocenters. The van der Waals surface area contributed by atoms with Gasteiger partial charge in [0.15, 0.2) is 0 Å². The van der Waals surface area contributed by atoms with Crippen LogP contribution in [-0.4, -0.2) is 16.5 Å². The summed E-state index contributed by atoms with van der Waals surface area (Å²) in [6.07, 6.45) is 1.84. The van der Waals surface area contributed by atoms with Gasteiger partial charge in [0, 0.05) is 0 Å². The minimum absolute atomic E-state index is 0.425. The van der Waals surface area contributed by atoms with Crippen LogP contribution in [0.15, 0.2) is 30.5 Å². The monoisotopic (exact) mass is 312 g/mol. The third-order valence-corrected chi connectivity index (χ3v) is 5.06. The Morgan fingerprint density at radius 1 is 1.40 bits per heavy atom. The summed E-state index contributed by atoms with van der Waals surface area (Å²) in [4.78, 5) is 4.49. The van der Waals surface area contributed by atoms with Crippen LogP contribution in [0.4, 0.5) is 0 Å². The van der Waals surface area contributed by atoms with Crippen LogP contribution in [0, 0.1) is 0 Å². The third-order valence-electron chi connectivity index (χ3n) is 2.63. The second-order valence-corrected chi connectivity index (χ2v) is 6.80. The van der Waals surface area contributed by atoms with Crippen LogP contribution in [0.2, 0.25) is 0 Å². The summed E-state index contributed by atoms with van der Waals surface area (Å²) in [5, 5.41) is 1.15. The van der Waals surface area contributed by atoms with Gasteiger partial charge < -0.3 is 0 Å². The molecule has 0 aliphatic carbocycles. The second-order valence-electron chi connectivity index (χ2n) is 3.53. The van der Waals surface area contributed by atoms with Crippen LogP contribution in [-0.2, 0) is 0 Å². The average Bonchev–Trinajstić information content (AvgIpc) is 3.11. The van der Waals surface area contributed by atoms with E-state index in [-0.39, 0.29) is 0 Å². The number of alkyl halides is 2. The molecule has 1 atom stereocenters. The number of halogens is 1. The van der Waals surface area contributed by atoms with Crippen molar-refractivity contribution in [1.82, 2.24) is 4.98 Å². The molecule has 0 saturated carbocycles. The quantitative estimate of drug-likeness (QED) is 0.545. The van der Waals surface area contributed by atoms with Gasteiger partial charge in [0.05, 0.1) is 0 Å². The number of hydrogen-bond donors (Lipinski definition) is 0. The van der Waals surface area contributed by atoms with Crippen molar-refractivity contribution in [2.75, 3.05) is 11.5 Å². The Morgan fingerprint density at radius 2 is 2.27 bits per heavy atom. The Morgan fingerprint density at radius 3 is 3.00 bits per heavy atom. The van der Waals surface area contributed by atoms with Crippen molar-refractivity contribution in [1.29, 1.82) is 0 Å². The van der Waals surface area contributed by atoms with E-state index >= 15 is 0 Å². The van der Waals surface area contributed by atoms with Crippen molar-refractivity contribution in [2.45, 2.75) is 3.92 Å². The van der Waals surface area contributed by atoms with E-state index in [1.54, 1.807) is 7.11 Å². The fourth-order valence-electron chi connectivity index (χ4n) is 1.82. The van der Waals surface area contributed by atoms with Crippen molar-refractivity contribution >= 4 is 10.9 Å². The van der Waals surface area contributed by atoms with E-state index in [1.807, 2.05) is 12.3 Å². The number of rotatable bonds is 2. The summed E-state index contributed by atoms with van der Waals surface area (Å²) in [7, 11) is 1.71. The number of fused-ring (bicyclic) bond motifs is 1. The zero-order valence-electron chi connectivity index (χ0n) is 8.40. The molecule has 1 saturated heterocycles. The van der Waals surface area contributed by atoms with Crippen LogP contribution >= 0.6 is 0 Å². The van der Waals surface area contributed by atoms with E-state index in [2.05, 4.69) is 23.2 Å². The molecule has 1 aromatic heterocycles. The van der Waals surface area contributed by atoms with Crippen LogP contribution in [0.25, 0.3) is 10.9 Å². The summed E-state index contributed by atoms with van der Waals surface area (Å²) in [6.45, 7) is 0. The molecule has 0 amide bonds. The minimum atomic E-state index is 0.425. The molecule has 0 radical (unpaired) electrons. The zero-order valence-corrected chi connectivity index (χ0v) is 10.6. The van der Waals surface area contributed by atoms with Gasteiger partial charge >= 0.3 is 99.1 Å². The molecule has 15 heavy (non-hydrogen) atoms. The van der Waals surface area contributed by atoms with E-state index in [9.17, 15) is 0 Å². The molecule has 78 valence electrons. The van der Waals surface area contributed by atoms with E-state index in [4.69, 9.17) is 4.74 Å². The van der Waals surface area contributed by atoms with Crippen molar-refractivity contribution in [3.63, 3.8) is 0 Å². The first-order valence-electron chi connectivity index (χ1n) is 4.89. The number of pyridine rings is 1. The van der Waals surface area contributed by atoms with Gasteiger partial charge in [-0.2, -0.15) is 0 Å². The fraction of sp³-hybridized carbons (Fsp3) is 0.250. The summed E-state index contributed by atoms with van der Waals surface area (Å²) < 4.78 is 7.61. The molecule has 1 aromatic carbocycles. The number of ether oxygens (including phenoxy) is 1. The first kappa shape index (κ1) is 9.39.